The molecule has 4 nitrogen and oxygen atoms in total. The molecular formula is C7H14BrN3O. The lowest BCUT2D eigenvalue weighted by atomic mass is 10.2. The molecule has 0 saturated carbocycles. The van der Waals surface area contributed by atoms with Gasteiger partial charge in [-0.05, 0) is 6.42 Å². The van der Waals surface area contributed by atoms with Gasteiger partial charge in [-0.25, -0.2) is 0 Å². The van der Waals surface area contributed by atoms with E-state index in [2.05, 4.69) is 33.0 Å². The number of hydrogen-bond donors (Lipinski definition) is 3. The molecule has 5 heteroatoms. The number of hydrogen-bond acceptors (Lipinski definition) is 3. The largest absolute Gasteiger partial charge is 0.409 e. The van der Waals surface area contributed by atoms with Crippen molar-refractivity contribution in [1.29, 1.82) is 0 Å². The predicted octanol–water partition coefficient (Wildman–Crippen LogP) is 1.01. The Hall–Kier alpha value is -0.550. The minimum Gasteiger partial charge on any atom is -0.409 e. The van der Waals surface area contributed by atoms with Gasteiger partial charge in [-0.15, -0.1) is 0 Å². The van der Waals surface area contributed by atoms with Gasteiger partial charge in [-0.1, -0.05) is 34.6 Å². The Morgan fingerprint density at radius 1 is 1.83 bits per heavy atom. The molecule has 0 rings (SSSR count). The summed E-state index contributed by atoms with van der Waals surface area (Å²) >= 11 is 3.20. The van der Waals surface area contributed by atoms with Crippen LogP contribution < -0.4 is 11.1 Å². The van der Waals surface area contributed by atoms with Gasteiger partial charge in [0.05, 0.1) is 6.04 Å². The first-order valence-corrected chi connectivity index (χ1v) is 4.45. The molecule has 0 amide bonds. The summed E-state index contributed by atoms with van der Waals surface area (Å²) in [6.07, 6.45) is 0.774. The third-order valence-electron chi connectivity index (χ3n) is 1.42. The first-order chi connectivity index (χ1) is 5.61. The Morgan fingerprint density at radius 3 is 2.75 bits per heavy atom. The van der Waals surface area contributed by atoms with E-state index in [-0.39, 0.29) is 11.9 Å². The van der Waals surface area contributed by atoms with Crippen LogP contribution in [0.4, 0.5) is 0 Å². The SMILES string of the molecule is C=C(Br)CNC(CC)C(N)=NO. The van der Waals surface area contributed by atoms with Gasteiger partial charge in [0.2, 0.25) is 0 Å². The summed E-state index contributed by atoms with van der Waals surface area (Å²) in [7, 11) is 0. The van der Waals surface area contributed by atoms with E-state index in [1.54, 1.807) is 0 Å². The van der Waals surface area contributed by atoms with Crippen LogP contribution in [0.15, 0.2) is 16.2 Å². The minimum atomic E-state index is -0.0932. The van der Waals surface area contributed by atoms with Crippen LogP contribution in [0.5, 0.6) is 0 Å². The molecule has 0 aliphatic rings. The number of amidine groups is 1. The van der Waals surface area contributed by atoms with Crippen molar-refractivity contribution >= 4 is 21.8 Å². The molecule has 0 aromatic carbocycles. The van der Waals surface area contributed by atoms with Crippen molar-refractivity contribution in [1.82, 2.24) is 5.32 Å². The van der Waals surface area contributed by atoms with Crippen LogP contribution in [-0.4, -0.2) is 23.6 Å². The van der Waals surface area contributed by atoms with Crippen LogP contribution in [0.2, 0.25) is 0 Å². The van der Waals surface area contributed by atoms with Gasteiger partial charge in [-0.2, -0.15) is 0 Å². The highest BCUT2D eigenvalue weighted by Gasteiger charge is 2.09. The third kappa shape index (κ3) is 4.35. The molecule has 0 aliphatic heterocycles. The highest BCUT2D eigenvalue weighted by Crippen LogP contribution is 1.99. The summed E-state index contributed by atoms with van der Waals surface area (Å²) in [5.41, 5.74) is 5.41. The van der Waals surface area contributed by atoms with Gasteiger partial charge in [0.25, 0.3) is 0 Å². The highest BCUT2D eigenvalue weighted by molar-refractivity contribution is 9.11. The molecule has 4 N–H and O–H groups in total. The molecular weight excluding hydrogens is 222 g/mol. The zero-order chi connectivity index (χ0) is 9.56. The van der Waals surface area contributed by atoms with Crippen molar-refractivity contribution in [2.75, 3.05) is 6.54 Å². The van der Waals surface area contributed by atoms with Crippen LogP contribution >= 0.6 is 15.9 Å². The van der Waals surface area contributed by atoms with E-state index in [0.29, 0.717) is 6.54 Å². The molecule has 0 aromatic heterocycles. The third-order valence-corrected chi connectivity index (χ3v) is 1.70. The van der Waals surface area contributed by atoms with Crippen molar-refractivity contribution < 1.29 is 5.21 Å². The summed E-state index contributed by atoms with van der Waals surface area (Å²) in [6, 6.07) is -0.0932. The van der Waals surface area contributed by atoms with E-state index in [9.17, 15) is 0 Å². The van der Waals surface area contributed by atoms with E-state index in [0.717, 1.165) is 10.9 Å². The monoisotopic (exact) mass is 235 g/mol. The minimum absolute atomic E-state index is 0.0932. The molecule has 0 spiro atoms. The van der Waals surface area contributed by atoms with Gasteiger partial charge in [0, 0.05) is 11.0 Å². The highest BCUT2D eigenvalue weighted by atomic mass is 79.9. The van der Waals surface area contributed by atoms with Gasteiger partial charge < -0.3 is 16.3 Å². The lowest BCUT2D eigenvalue weighted by Crippen LogP contribution is -2.41. The molecule has 0 heterocycles. The molecule has 0 bridgehead atoms. The second-order valence-electron chi connectivity index (χ2n) is 2.38. The lowest BCUT2D eigenvalue weighted by molar-refractivity contribution is 0.314. The average molecular weight is 236 g/mol. The molecule has 1 unspecified atom stereocenters. The molecule has 0 fully saturated rings. The first kappa shape index (κ1) is 11.4. The number of halogens is 1. The number of rotatable bonds is 5. The number of nitrogens with one attached hydrogen (secondary N) is 1. The Bertz CT molecular complexity index is 181. The van der Waals surface area contributed by atoms with Gasteiger partial charge in [-0.3, -0.25) is 0 Å². The summed E-state index contributed by atoms with van der Waals surface area (Å²) in [4.78, 5) is 0. The molecule has 0 radical (unpaired) electrons. The zero-order valence-corrected chi connectivity index (χ0v) is 8.63. The molecule has 0 saturated heterocycles. The molecule has 12 heavy (non-hydrogen) atoms. The predicted molar refractivity (Wildman–Crippen MR) is 53.6 cm³/mol. The molecule has 1 atom stereocenters. The Labute approximate surface area is 80.6 Å². The van der Waals surface area contributed by atoms with Crippen molar-refractivity contribution in [3.05, 3.63) is 11.1 Å². The average Bonchev–Trinajstić information content (AvgIpc) is 2.04. The van der Waals surface area contributed by atoms with Crippen LogP contribution in [0, 0.1) is 0 Å². The summed E-state index contributed by atoms with van der Waals surface area (Å²) in [5.74, 6) is 0.200. The van der Waals surface area contributed by atoms with Crippen LogP contribution in [0.3, 0.4) is 0 Å². The van der Waals surface area contributed by atoms with Crippen molar-refractivity contribution in [3.63, 3.8) is 0 Å². The fourth-order valence-corrected chi connectivity index (χ4v) is 0.924. The van der Waals surface area contributed by atoms with Gasteiger partial charge >= 0.3 is 0 Å². The maximum Gasteiger partial charge on any atom is 0.156 e. The van der Waals surface area contributed by atoms with E-state index >= 15 is 0 Å². The summed E-state index contributed by atoms with van der Waals surface area (Å²) < 4.78 is 0.840. The second-order valence-corrected chi connectivity index (χ2v) is 3.51. The second kappa shape index (κ2) is 6.02. The number of nitrogens with zero attached hydrogens (tertiary/aromatic N) is 1. The van der Waals surface area contributed by atoms with Gasteiger partial charge in [0.1, 0.15) is 0 Å². The normalized spacial score (nSPS) is 14.3. The summed E-state index contributed by atoms with van der Waals surface area (Å²) in [6.45, 7) is 6.21. The fourth-order valence-electron chi connectivity index (χ4n) is 0.762. The Balaban J connectivity index is 3.92. The van der Waals surface area contributed by atoms with E-state index in [1.807, 2.05) is 6.92 Å². The topological polar surface area (TPSA) is 70.6 Å². The van der Waals surface area contributed by atoms with Crippen molar-refractivity contribution in [3.8, 4) is 0 Å². The standard InChI is InChI=1S/C7H14BrN3O/c1-3-6(7(9)11-12)10-4-5(2)8/h6,10,12H,2-4H2,1H3,(H2,9,11). The Kier molecular flexibility index (Phi) is 5.74. The zero-order valence-electron chi connectivity index (χ0n) is 7.05. The van der Waals surface area contributed by atoms with Crippen molar-refractivity contribution in [2.24, 2.45) is 10.9 Å². The quantitative estimate of drug-likeness (QED) is 0.289. The lowest BCUT2D eigenvalue weighted by Gasteiger charge is -2.14. The summed E-state index contributed by atoms with van der Waals surface area (Å²) in [5, 5.41) is 14.4. The van der Waals surface area contributed by atoms with Crippen molar-refractivity contribution in [2.45, 2.75) is 19.4 Å². The maximum atomic E-state index is 8.39. The number of nitrogens with two attached hydrogens (primary N) is 1. The fraction of sp³-hybridized carbons (Fsp3) is 0.571. The molecule has 70 valence electrons. The Morgan fingerprint density at radius 2 is 2.42 bits per heavy atom. The van der Waals surface area contributed by atoms with Crippen LogP contribution in [0.1, 0.15) is 13.3 Å². The van der Waals surface area contributed by atoms with Crippen LogP contribution in [0.25, 0.3) is 0 Å². The smallest absolute Gasteiger partial charge is 0.156 e. The van der Waals surface area contributed by atoms with E-state index in [4.69, 9.17) is 10.9 Å². The van der Waals surface area contributed by atoms with Gasteiger partial charge in [0.15, 0.2) is 5.84 Å². The number of oxime groups is 1. The van der Waals surface area contributed by atoms with Crippen LogP contribution in [-0.2, 0) is 0 Å². The molecule has 0 aliphatic carbocycles. The van der Waals surface area contributed by atoms with E-state index < -0.39 is 0 Å². The molecule has 0 aromatic rings. The maximum absolute atomic E-state index is 8.39. The first-order valence-electron chi connectivity index (χ1n) is 3.65. The van der Waals surface area contributed by atoms with E-state index in [1.165, 1.54) is 0 Å².